The Morgan fingerprint density at radius 2 is 1.67 bits per heavy atom. The minimum atomic E-state index is -0.0400. The number of phenols is 2. The summed E-state index contributed by atoms with van der Waals surface area (Å²) < 4.78 is 0. The number of phenolic OH excluding ortho intramolecular Hbond substituents is 2. The molecule has 1 aromatic rings. The minimum Gasteiger partial charge on any atom is -0.507 e. The zero-order chi connectivity index (χ0) is 13.1. The van der Waals surface area contributed by atoms with E-state index in [1.165, 1.54) is 25.7 Å². The Balaban J connectivity index is 2.04. The third-order valence-electron chi connectivity index (χ3n) is 4.11. The van der Waals surface area contributed by atoms with Crippen LogP contribution in [-0.2, 0) is 0 Å². The van der Waals surface area contributed by atoms with Gasteiger partial charge in [0.05, 0.1) is 5.56 Å². The molecule has 1 aliphatic rings. The summed E-state index contributed by atoms with van der Waals surface area (Å²) >= 11 is 0. The Kier molecular flexibility index (Phi) is 4.12. The molecule has 1 fully saturated rings. The molecule has 0 radical (unpaired) electrons. The highest BCUT2D eigenvalue weighted by Gasteiger charge is 2.24. The second-order valence-electron chi connectivity index (χ2n) is 5.43. The van der Waals surface area contributed by atoms with Crippen LogP contribution in [0, 0.1) is 5.92 Å². The molecule has 0 aromatic heterocycles. The lowest BCUT2D eigenvalue weighted by molar-refractivity contribution is 0.340. The molecule has 2 unspecified atom stereocenters. The monoisotopic (exact) mass is 249 g/mol. The Labute approximate surface area is 109 Å². The fourth-order valence-electron chi connectivity index (χ4n) is 3.06. The van der Waals surface area contributed by atoms with E-state index >= 15 is 0 Å². The van der Waals surface area contributed by atoms with E-state index in [2.05, 4.69) is 12.2 Å². The van der Waals surface area contributed by atoms with Crippen LogP contribution >= 0.6 is 0 Å². The maximum absolute atomic E-state index is 9.84. The van der Waals surface area contributed by atoms with Gasteiger partial charge in [-0.2, -0.15) is 0 Å². The van der Waals surface area contributed by atoms with E-state index in [-0.39, 0.29) is 17.5 Å². The van der Waals surface area contributed by atoms with Crippen molar-refractivity contribution in [2.75, 3.05) is 0 Å². The second kappa shape index (κ2) is 5.61. The van der Waals surface area contributed by atoms with Crippen LogP contribution in [0.25, 0.3) is 0 Å². The average Bonchev–Trinajstić information content (AvgIpc) is 2.81. The maximum atomic E-state index is 9.84. The molecule has 0 bridgehead atoms. The molecule has 3 N–H and O–H groups in total. The van der Waals surface area contributed by atoms with Gasteiger partial charge in [-0.15, -0.1) is 0 Å². The number of hydrogen-bond donors (Lipinski definition) is 3. The Hall–Kier alpha value is -1.22. The van der Waals surface area contributed by atoms with Gasteiger partial charge in [0.1, 0.15) is 11.5 Å². The SMILES string of the molecule is CC(NC(C)C1CCCC1)c1c(O)cccc1O. The van der Waals surface area contributed by atoms with E-state index in [0.29, 0.717) is 11.6 Å². The lowest BCUT2D eigenvalue weighted by Gasteiger charge is -2.25. The standard InChI is InChI=1S/C15H23NO2/c1-10(12-6-3-4-7-12)16-11(2)15-13(17)8-5-9-14(15)18/h5,8-12,16-18H,3-4,6-7H2,1-2H3. The molecular formula is C15H23NO2. The smallest absolute Gasteiger partial charge is 0.124 e. The number of nitrogens with one attached hydrogen (secondary N) is 1. The van der Waals surface area contributed by atoms with Gasteiger partial charge in [-0.3, -0.25) is 0 Å². The molecule has 0 spiro atoms. The number of hydrogen-bond acceptors (Lipinski definition) is 3. The van der Waals surface area contributed by atoms with Crippen LogP contribution < -0.4 is 5.32 Å². The fraction of sp³-hybridized carbons (Fsp3) is 0.600. The van der Waals surface area contributed by atoms with Gasteiger partial charge in [0.2, 0.25) is 0 Å². The molecular weight excluding hydrogens is 226 g/mol. The van der Waals surface area contributed by atoms with Crippen LogP contribution in [0.3, 0.4) is 0 Å². The van der Waals surface area contributed by atoms with Gasteiger partial charge >= 0.3 is 0 Å². The summed E-state index contributed by atoms with van der Waals surface area (Å²) in [5, 5.41) is 23.2. The predicted octanol–water partition coefficient (Wildman–Crippen LogP) is 3.33. The van der Waals surface area contributed by atoms with Gasteiger partial charge in [-0.1, -0.05) is 18.9 Å². The zero-order valence-electron chi connectivity index (χ0n) is 11.2. The lowest BCUT2D eigenvalue weighted by Crippen LogP contribution is -2.34. The van der Waals surface area contributed by atoms with E-state index in [1.807, 2.05) is 6.92 Å². The summed E-state index contributed by atoms with van der Waals surface area (Å²) in [6.07, 6.45) is 5.22. The highest BCUT2D eigenvalue weighted by Crippen LogP contribution is 2.34. The summed E-state index contributed by atoms with van der Waals surface area (Å²) in [4.78, 5) is 0. The highest BCUT2D eigenvalue weighted by molar-refractivity contribution is 5.44. The molecule has 3 heteroatoms. The molecule has 0 heterocycles. The Bertz CT molecular complexity index is 379. The highest BCUT2D eigenvalue weighted by atomic mass is 16.3. The first-order valence-corrected chi connectivity index (χ1v) is 6.86. The van der Waals surface area contributed by atoms with Crippen molar-refractivity contribution in [3.05, 3.63) is 23.8 Å². The molecule has 2 atom stereocenters. The van der Waals surface area contributed by atoms with Gasteiger partial charge in [0.15, 0.2) is 0 Å². The van der Waals surface area contributed by atoms with Crippen molar-refractivity contribution in [1.29, 1.82) is 0 Å². The van der Waals surface area contributed by atoms with Crippen molar-refractivity contribution in [2.45, 2.75) is 51.6 Å². The van der Waals surface area contributed by atoms with Gasteiger partial charge in [-0.05, 0) is 44.7 Å². The van der Waals surface area contributed by atoms with Crippen molar-refractivity contribution < 1.29 is 10.2 Å². The Morgan fingerprint density at radius 3 is 2.22 bits per heavy atom. The third kappa shape index (κ3) is 2.78. The summed E-state index contributed by atoms with van der Waals surface area (Å²) in [6.45, 7) is 4.18. The first-order valence-electron chi connectivity index (χ1n) is 6.86. The van der Waals surface area contributed by atoms with Crippen LogP contribution in [0.5, 0.6) is 11.5 Å². The van der Waals surface area contributed by atoms with Crippen molar-refractivity contribution in [1.82, 2.24) is 5.32 Å². The third-order valence-corrected chi connectivity index (χ3v) is 4.11. The van der Waals surface area contributed by atoms with Crippen LogP contribution in [0.15, 0.2) is 18.2 Å². The van der Waals surface area contributed by atoms with Gasteiger partial charge in [-0.25, -0.2) is 0 Å². The van der Waals surface area contributed by atoms with E-state index in [9.17, 15) is 10.2 Å². The summed E-state index contributed by atoms with van der Waals surface area (Å²) in [5.74, 6) is 1.04. The lowest BCUT2D eigenvalue weighted by atomic mass is 9.97. The molecule has 3 nitrogen and oxygen atoms in total. The summed E-state index contributed by atoms with van der Waals surface area (Å²) in [7, 11) is 0. The van der Waals surface area contributed by atoms with Crippen LogP contribution in [0.2, 0.25) is 0 Å². The molecule has 2 rings (SSSR count). The zero-order valence-corrected chi connectivity index (χ0v) is 11.2. The molecule has 0 saturated heterocycles. The molecule has 1 aliphatic carbocycles. The van der Waals surface area contributed by atoms with E-state index < -0.39 is 0 Å². The largest absolute Gasteiger partial charge is 0.507 e. The molecule has 100 valence electrons. The quantitative estimate of drug-likeness (QED) is 0.767. The van der Waals surface area contributed by atoms with Crippen LogP contribution in [0.1, 0.15) is 51.1 Å². The van der Waals surface area contributed by atoms with Crippen molar-refractivity contribution in [3.63, 3.8) is 0 Å². The number of benzene rings is 1. The van der Waals surface area contributed by atoms with Gasteiger partial charge in [0, 0.05) is 12.1 Å². The number of aromatic hydroxyl groups is 2. The topological polar surface area (TPSA) is 52.5 Å². The van der Waals surface area contributed by atoms with Gasteiger partial charge in [0.25, 0.3) is 0 Å². The van der Waals surface area contributed by atoms with Crippen molar-refractivity contribution in [3.8, 4) is 11.5 Å². The Morgan fingerprint density at radius 1 is 1.11 bits per heavy atom. The molecule has 18 heavy (non-hydrogen) atoms. The minimum absolute atomic E-state index is 0.0400. The van der Waals surface area contributed by atoms with Crippen LogP contribution in [0.4, 0.5) is 0 Å². The van der Waals surface area contributed by atoms with E-state index in [1.54, 1.807) is 18.2 Å². The summed E-state index contributed by atoms with van der Waals surface area (Å²) in [6, 6.07) is 5.27. The van der Waals surface area contributed by atoms with E-state index in [4.69, 9.17) is 0 Å². The van der Waals surface area contributed by atoms with Crippen LogP contribution in [-0.4, -0.2) is 16.3 Å². The van der Waals surface area contributed by atoms with Crippen molar-refractivity contribution >= 4 is 0 Å². The normalized spacial score (nSPS) is 19.9. The summed E-state index contributed by atoms with van der Waals surface area (Å²) in [5.41, 5.74) is 0.599. The molecule has 0 amide bonds. The predicted molar refractivity (Wildman–Crippen MR) is 72.7 cm³/mol. The maximum Gasteiger partial charge on any atom is 0.124 e. The van der Waals surface area contributed by atoms with Crippen molar-refractivity contribution in [2.24, 2.45) is 5.92 Å². The molecule has 0 aliphatic heterocycles. The second-order valence-corrected chi connectivity index (χ2v) is 5.43. The first kappa shape index (κ1) is 13.2. The molecule has 1 saturated carbocycles. The fourth-order valence-corrected chi connectivity index (χ4v) is 3.06. The number of rotatable bonds is 4. The first-order chi connectivity index (χ1) is 8.59. The van der Waals surface area contributed by atoms with E-state index in [0.717, 1.165) is 5.92 Å². The van der Waals surface area contributed by atoms with Gasteiger partial charge < -0.3 is 15.5 Å². The molecule has 1 aromatic carbocycles. The average molecular weight is 249 g/mol.